The lowest BCUT2D eigenvalue weighted by Gasteiger charge is -2.11. The molecule has 0 bridgehead atoms. The van der Waals surface area contributed by atoms with Gasteiger partial charge in [-0.3, -0.25) is 4.68 Å². The van der Waals surface area contributed by atoms with Crippen molar-refractivity contribution in [1.82, 2.24) is 9.78 Å². The van der Waals surface area contributed by atoms with Gasteiger partial charge in [-0.25, -0.2) is 0 Å². The minimum atomic E-state index is 0.120. The maximum Gasteiger partial charge on any atom is 0.0671 e. The summed E-state index contributed by atoms with van der Waals surface area (Å²) in [4.78, 5) is 0. The van der Waals surface area contributed by atoms with Crippen LogP contribution in [0.2, 0.25) is 0 Å². The van der Waals surface area contributed by atoms with Gasteiger partial charge in [0.1, 0.15) is 0 Å². The molecule has 1 aromatic rings. The molecule has 0 aliphatic heterocycles. The predicted molar refractivity (Wildman–Crippen MR) is 84.0 cm³/mol. The highest BCUT2D eigenvalue weighted by molar-refractivity contribution is 6.20. The lowest BCUT2D eigenvalue weighted by molar-refractivity contribution is 0.521. The van der Waals surface area contributed by atoms with E-state index in [1.54, 1.807) is 0 Å². The van der Waals surface area contributed by atoms with E-state index in [-0.39, 0.29) is 5.38 Å². The number of rotatable bonds is 9. The van der Waals surface area contributed by atoms with Gasteiger partial charge < -0.3 is 0 Å². The summed E-state index contributed by atoms with van der Waals surface area (Å²) in [5.74, 6) is 0. The first-order valence-electron chi connectivity index (χ1n) is 7.91. The van der Waals surface area contributed by atoms with Crippen molar-refractivity contribution in [1.29, 1.82) is 0 Å². The van der Waals surface area contributed by atoms with Crippen molar-refractivity contribution in [2.24, 2.45) is 0 Å². The van der Waals surface area contributed by atoms with Gasteiger partial charge in [-0.1, -0.05) is 47.0 Å². The molecule has 1 aromatic heterocycles. The number of hydrogen-bond acceptors (Lipinski definition) is 1. The van der Waals surface area contributed by atoms with Crippen LogP contribution in [0.5, 0.6) is 0 Å². The quantitative estimate of drug-likeness (QED) is 0.446. The molecular weight excluding hydrogens is 256 g/mol. The maximum absolute atomic E-state index is 6.50. The van der Waals surface area contributed by atoms with E-state index >= 15 is 0 Å². The zero-order chi connectivity index (χ0) is 14.3. The van der Waals surface area contributed by atoms with Crippen molar-refractivity contribution in [3.8, 4) is 0 Å². The summed E-state index contributed by atoms with van der Waals surface area (Å²) in [6.45, 7) is 9.82. The molecule has 0 saturated heterocycles. The molecule has 2 nitrogen and oxygen atoms in total. The fourth-order valence-corrected chi connectivity index (χ4v) is 2.89. The third-order valence-electron chi connectivity index (χ3n) is 3.74. The number of halogens is 1. The Bertz CT molecular complexity index is 371. The minimum Gasteiger partial charge on any atom is -0.269 e. The van der Waals surface area contributed by atoms with Gasteiger partial charge in [0.25, 0.3) is 0 Å². The summed E-state index contributed by atoms with van der Waals surface area (Å²) in [5.41, 5.74) is 3.87. The monoisotopic (exact) mass is 284 g/mol. The molecule has 1 rings (SSSR count). The number of hydrogen-bond donors (Lipinski definition) is 0. The van der Waals surface area contributed by atoms with E-state index in [9.17, 15) is 0 Å². The molecule has 0 saturated carbocycles. The molecule has 0 aliphatic carbocycles. The molecular formula is C16H29ClN2. The molecule has 1 atom stereocenters. The van der Waals surface area contributed by atoms with E-state index in [0.29, 0.717) is 0 Å². The van der Waals surface area contributed by atoms with Gasteiger partial charge in [0.15, 0.2) is 0 Å². The van der Waals surface area contributed by atoms with Gasteiger partial charge in [-0.05, 0) is 25.7 Å². The van der Waals surface area contributed by atoms with Gasteiger partial charge in [0, 0.05) is 17.8 Å². The fourth-order valence-electron chi connectivity index (χ4n) is 2.64. The summed E-state index contributed by atoms with van der Waals surface area (Å²) in [6.07, 6.45) is 8.11. The van der Waals surface area contributed by atoms with Crippen molar-refractivity contribution in [2.45, 2.75) is 84.6 Å². The van der Waals surface area contributed by atoms with E-state index in [2.05, 4.69) is 32.4 Å². The molecule has 1 heterocycles. The molecule has 0 aliphatic rings. The van der Waals surface area contributed by atoms with Crippen LogP contribution in [-0.2, 0) is 19.4 Å². The molecule has 0 amide bonds. The molecule has 0 fully saturated rings. The van der Waals surface area contributed by atoms with Gasteiger partial charge in [0.05, 0.1) is 11.1 Å². The Balaban J connectivity index is 2.88. The third-order valence-corrected chi connectivity index (χ3v) is 4.27. The first kappa shape index (κ1) is 16.6. The van der Waals surface area contributed by atoms with Crippen molar-refractivity contribution in [3.05, 3.63) is 17.0 Å². The average molecular weight is 285 g/mol. The number of aryl methyl sites for hydroxylation is 2. The summed E-state index contributed by atoms with van der Waals surface area (Å²) < 4.78 is 2.22. The van der Waals surface area contributed by atoms with E-state index < -0.39 is 0 Å². The molecule has 0 N–H and O–H groups in total. The summed E-state index contributed by atoms with van der Waals surface area (Å²) >= 11 is 6.50. The lowest BCUT2D eigenvalue weighted by Crippen LogP contribution is -2.06. The fraction of sp³-hybridized carbons (Fsp3) is 0.812. The van der Waals surface area contributed by atoms with E-state index in [0.717, 1.165) is 25.8 Å². The number of nitrogens with zero attached hydrogens (tertiary/aromatic N) is 2. The zero-order valence-corrected chi connectivity index (χ0v) is 13.8. The van der Waals surface area contributed by atoms with Crippen LogP contribution in [0.25, 0.3) is 0 Å². The molecule has 3 heteroatoms. The second-order valence-electron chi connectivity index (χ2n) is 5.17. The zero-order valence-electron chi connectivity index (χ0n) is 13.0. The Morgan fingerprint density at radius 3 is 2.32 bits per heavy atom. The number of alkyl halides is 1. The Morgan fingerprint density at radius 2 is 1.79 bits per heavy atom. The van der Waals surface area contributed by atoms with Crippen molar-refractivity contribution < 1.29 is 0 Å². The predicted octanol–water partition coefficient (Wildman–Crippen LogP) is 5.28. The van der Waals surface area contributed by atoms with Crippen molar-refractivity contribution in [2.75, 3.05) is 0 Å². The van der Waals surface area contributed by atoms with Crippen LogP contribution in [0.4, 0.5) is 0 Å². The minimum absolute atomic E-state index is 0.120. The van der Waals surface area contributed by atoms with Crippen LogP contribution in [-0.4, -0.2) is 9.78 Å². The van der Waals surface area contributed by atoms with E-state index in [1.807, 2.05) is 0 Å². The Morgan fingerprint density at radius 1 is 1.05 bits per heavy atom. The SMILES string of the molecule is CCCCCCn1nc(CC)c(C(Cl)CC)c1CC. The normalized spacial score (nSPS) is 12.9. The molecule has 19 heavy (non-hydrogen) atoms. The van der Waals surface area contributed by atoms with Crippen LogP contribution in [0.3, 0.4) is 0 Å². The highest BCUT2D eigenvalue weighted by Gasteiger charge is 2.20. The Kier molecular flexibility index (Phi) is 7.52. The van der Waals surface area contributed by atoms with Crippen molar-refractivity contribution >= 4 is 11.6 Å². The Labute approximate surface area is 123 Å². The van der Waals surface area contributed by atoms with E-state index in [1.165, 1.54) is 42.6 Å². The highest BCUT2D eigenvalue weighted by Crippen LogP contribution is 2.31. The summed E-state index contributed by atoms with van der Waals surface area (Å²) in [6, 6.07) is 0. The van der Waals surface area contributed by atoms with Crippen LogP contribution in [0.15, 0.2) is 0 Å². The van der Waals surface area contributed by atoms with Crippen LogP contribution in [0, 0.1) is 0 Å². The standard InChI is InChI=1S/C16H29ClN2/c1-5-9-10-11-12-19-15(8-4)16(13(17)6-2)14(7-3)18-19/h13H,5-12H2,1-4H3. The summed E-state index contributed by atoms with van der Waals surface area (Å²) in [5, 5.41) is 4.92. The highest BCUT2D eigenvalue weighted by atomic mass is 35.5. The summed E-state index contributed by atoms with van der Waals surface area (Å²) in [7, 11) is 0. The number of aromatic nitrogens is 2. The lowest BCUT2D eigenvalue weighted by atomic mass is 10.0. The molecule has 0 radical (unpaired) electrons. The van der Waals surface area contributed by atoms with Gasteiger partial charge >= 0.3 is 0 Å². The van der Waals surface area contributed by atoms with Gasteiger partial charge in [-0.2, -0.15) is 5.10 Å². The topological polar surface area (TPSA) is 17.8 Å². The maximum atomic E-state index is 6.50. The largest absolute Gasteiger partial charge is 0.269 e. The first-order chi connectivity index (χ1) is 9.19. The average Bonchev–Trinajstić information content (AvgIpc) is 2.80. The van der Waals surface area contributed by atoms with Crippen LogP contribution in [0.1, 0.15) is 82.1 Å². The van der Waals surface area contributed by atoms with Crippen LogP contribution >= 0.6 is 11.6 Å². The van der Waals surface area contributed by atoms with Gasteiger partial charge in [0.2, 0.25) is 0 Å². The number of unbranched alkanes of at least 4 members (excludes halogenated alkanes) is 3. The molecule has 0 aromatic carbocycles. The smallest absolute Gasteiger partial charge is 0.0671 e. The second kappa shape index (κ2) is 8.63. The molecule has 0 spiro atoms. The first-order valence-corrected chi connectivity index (χ1v) is 8.35. The van der Waals surface area contributed by atoms with Crippen LogP contribution < -0.4 is 0 Å². The molecule has 110 valence electrons. The second-order valence-corrected chi connectivity index (χ2v) is 5.70. The Hall–Kier alpha value is -0.500. The third kappa shape index (κ3) is 4.24. The van der Waals surface area contributed by atoms with Crippen molar-refractivity contribution in [3.63, 3.8) is 0 Å². The molecule has 1 unspecified atom stereocenters. The van der Waals surface area contributed by atoms with Gasteiger partial charge in [-0.15, -0.1) is 11.6 Å². The van der Waals surface area contributed by atoms with E-state index in [4.69, 9.17) is 16.7 Å².